The van der Waals surface area contributed by atoms with Crippen molar-refractivity contribution < 1.29 is 8.42 Å². The summed E-state index contributed by atoms with van der Waals surface area (Å²) >= 11 is 12.1. The first-order chi connectivity index (χ1) is 12.7. The molecule has 28 heavy (non-hydrogen) atoms. The lowest BCUT2D eigenvalue weighted by atomic mass is 9.98. The van der Waals surface area contributed by atoms with Crippen LogP contribution in [0.4, 0.5) is 0 Å². The van der Waals surface area contributed by atoms with Crippen molar-refractivity contribution >= 4 is 63.2 Å². The number of halogens is 3. The highest BCUT2D eigenvalue weighted by Gasteiger charge is 2.24. The molecule has 0 amide bonds. The molecular formula is C18H29Cl2IN4O2S. The summed E-state index contributed by atoms with van der Waals surface area (Å²) < 4.78 is 24.8. The monoisotopic (exact) mass is 562 g/mol. The Morgan fingerprint density at radius 1 is 1.29 bits per heavy atom. The first-order valence-corrected chi connectivity index (χ1v) is 11.7. The van der Waals surface area contributed by atoms with Gasteiger partial charge in [0.1, 0.15) is 0 Å². The average Bonchev–Trinajstić information content (AvgIpc) is 2.61. The van der Waals surface area contributed by atoms with Crippen LogP contribution in [-0.4, -0.2) is 63.1 Å². The van der Waals surface area contributed by atoms with Gasteiger partial charge in [-0.05, 0) is 43.4 Å². The van der Waals surface area contributed by atoms with Crippen molar-refractivity contribution in [1.82, 2.24) is 14.5 Å². The Labute approximate surface area is 195 Å². The van der Waals surface area contributed by atoms with E-state index in [0.717, 1.165) is 30.9 Å². The topological polar surface area (TPSA) is 65.0 Å². The zero-order valence-electron chi connectivity index (χ0n) is 16.5. The van der Waals surface area contributed by atoms with Crippen LogP contribution in [0.5, 0.6) is 0 Å². The second-order valence-electron chi connectivity index (χ2n) is 6.90. The third-order valence-electron chi connectivity index (χ3n) is 4.64. The zero-order valence-corrected chi connectivity index (χ0v) is 21.1. The molecular weight excluding hydrogens is 534 g/mol. The summed E-state index contributed by atoms with van der Waals surface area (Å²) in [6, 6.07) is 5.62. The van der Waals surface area contributed by atoms with E-state index in [4.69, 9.17) is 28.2 Å². The molecule has 0 bridgehead atoms. The number of hydrogen-bond donors (Lipinski definition) is 1. The lowest BCUT2D eigenvalue weighted by molar-refractivity contribution is 0.279. The molecule has 1 N–H and O–H groups in total. The standard InChI is InChI=1S/C18H28Cl2N4O2S.HI/c1-4-21-18(23(2)13-15-5-6-16(19)17(20)11-15)22-12-14-7-9-24(10-8-14)27(3,25)26;/h5-6,11,14H,4,7-10,12-13H2,1-3H3,(H,21,22);1H. The number of aliphatic imine (C=N–C) groups is 1. The van der Waals surface area contributed by atoms with Crippen LogP contribution in [0, 0.1) is 5.92 Å². The van der Waals surface area contributed by atoms with Crippen LogP contribution >= 0.6 is 47.2 Å². The van der Waals surface area contributed by atoms with Crippen LogP contribution in [0.25, 0.3) is 0 Å². The van der Waals surface area contributed by atoms with Gasteiger partial charge in [0, 0.05) is 39.8 Å². The highest BCUT2D eigenvalue weighted by atomic mass is 127. The smallest absolute Gasteiger partial charge is 0.211 e. The van der Waals surface area contributed by atoms with Crippen molar-refractivity contribution in [3.8, 4) is 0 Å². The molecule has 1 saturated heterocycles. The van der Waals surface area contributed by atoms with Crippen molar-refractivity contribution in [2.45, 2.75) is 26.3 Å². The minimum atomic E-state index is -3.09. The van der Waals surface area contributed by atoms with Crippen LogP contribution < -0.4 is 5.32 Å². The molecule has 1 fully saturated rings. The van der Waals surface area contributed by atoms with Gasteiger partial charge in [-0.3, -0.25) is 4.99 Å². The first-order valence-electron chi connectivity index (χ1n) is 9.09. The molecule has 0 radical (unpaired) electrons. The number of rotatable bonds is 6. The van der Waals surface area contributed by atoms with Crippen LogP contribution in [0.3, 0.4) is 0 Å². The summed E-state index contributed by atoms with van der Waals surface area (Å²) in [5.74, 6) is 1.23. The second kappa shape index (κ2) is 11.8. The molecule has 1 heterocycles. The minimum absolute atomic E-state index is 0. The molecule has 160 valence electrons. The lowest BCUT2D eigenvalue weighted by Crippen LogP contribution is -2.40. The Hall–Kier alpha value is -0.290. The molecule has 0 unspecified atom stereocenters. The van der Waals surface area contributed by atoms with Gasteiger partial charge in [-0.1, -0.05) is 29.3 Å². The SMILES string of the molecule is CCNC(=NCC1CCN(S(C)(=O)=O)CC1)N(C)Cc1ccc(Cl)c(Cl)c1.I. The quantitative estimate of drug-likeness (QED) is 0.326. The molecule has 0 saturated carbocycles. The van der Waals surface area contributed by atoms with Gasteiger partial charge in [-0.2, -0.15) is 0 Å². The van der Waals surface area contributed by atoms with Gasteiger partial charge in [0.15, 0.2) is 5.96 Å². The van der Waals surface area contributed by atoms with Gasteiger partial charge >= 0.3 is 0 Å². The minimum Gasteiger partial charge on any atom is -0.357 e. The highest BCUT2D eigenvalue weighted by Crippen LogP contribution is 2.23. The molecule has 6 nitrogen and oxygen atoms in total. The van der Waals surface area contributed by atoms with E-state index in [1.54, 1.807) is 10.4 Å². The van der Waals surface area contributed by atoms with E-state index in [2.05, 4.69) is 10.2 Å². The van der Waals surface area contributed by atoms with E-state index in [-0.39, 0.29) is 24.0 Å². The van der Waals surface area contributed by atoms with Crippen LogP contribution in [0.1, 0.15) is 25.3 Å². The second-order valence-corrected chi connectivity index (χ2v) is 9.70. The maximum Gasteiger partial charge on any atom is 0.211 e. The Morgan fingerprint density at radius 2 is 1.93 bits per heavy atom. The van der Waals surface area contributed by atoms with E-state index in [1.165, 1.54) is 6.26 Å². The Kier molecular flexibility index (Phi) is 10.8. The Balaban J connectivity index is 0.00000392. The third-order valence-corrected chi connectivity index (χ3v) is 6.68. The molecule has 2 rings (SSSR count). The number of nitrogens with one attached hydrogen (secondary N) is 1. The number of benzene rings is 1. The van der Waals surface area contributed by atoms with Crippen molar-refractivity contribution in [2.75, 3.05) is 39.5 Å². The number of nitrogens with zero attached hydrogens (tertiary/aromatic N) is 3. The molecule has 0 atom stereocenters. The fraction of sp³-hybridized carbons (Fsp3) is 0.611. The molecule has 1 aromatic carbocycles. The normalized spacial score (nSPS) is 16.5. The van der Waals surface area contributed by atoms with Gasteiger partial charge in [-0.25, -0.2) is 12.7 Å². The number of guanidine groups is 1. The van der Waals surface area contributed by atoms with E-state index in [0.29, 0.717) is 42.1 Å². The van der Waals surface area contributed by atoms with Crippen LogP contribution in [-0.2, 0) is 16.6 Å². The summed E-state index contributed by atoms with van der Waals surface area (Å²) in [6.07, 6.45) is 2.95. The van der Waals surface area contributed by atoms with E-state index in [1.807, 2.05) is 26.1 Å². The summed E-state index contributed by atoms with van der Waals surface area (Å²) in [6.45, 7) is 5.31. The maximum atomic E-state index is 11.6. The fourth-order valence-electron chi connectivity index (χ4n) is 3.10. The Bertz CT molecular complexity index is 769. The van der Waals surface area contributed by atoms with Gasteiger partial charge in [0.25, 0.3) is 0 Å². The molecule has 1 aromatic rings. The predicted molar refractivity (Wildman–Crippen MR) is 128 cm³/mol. The van der Waals surface area contributed by atoms with Gasteiger partial charge in [0.2, 0.25) is 10.0 Å². The maximum absolute atomic E-state index is 11.6. The molecule has 1 aliphatic rings. The molecule has 0 spiro atoms. The van der Waals surface area contributed by atoms with Crippen molar-refractivity contribution in [2.24, 2.45) is 10.9 Å². The summed E-state index contributed by atoms with van der Waals surface area (Å²) in [7, 11) is -1.10. The van der Waals surface area contributed by atoms with Crippen molar-refractivity contribution in [3.63, 3.8) is 0 Å². The van der Waals surface area contributed by atoms with Crippen LogP contribution in [0.15, 0.2) is 23.2 Å². The molecule has 0 aromatic heterocycles. The molecule has 10 heteroatoms. The number of sulfonamides is 1. The van der Waals surface area contributed by atoms with E-state index in [9.17, 15) is 8.42 Å². The van der Waals surface area contributed by atoms with E-state index < -0.39 is 10.0 Å². The average molecular weight is 563 g/mol. The lowest BCUT2D eigenvalue weighted by Gasteiger charge is -2.30. The Morgan fingerprint density at radius 3 is 2.46 bits per heavy atom. The third kappa shape index (κ3) is 7.85. The van der Waals surface area contributed by atoms with Gasteiger partial charge < -0.3 is 10.2 Å². The fourth-order valence-corrected chi connectivity index (χ4v) is 4.29. The molecule has 1 aliphatic heterocycles. The highest BCUT2D eigenvalue weighted by molar-refractivity contribution is 14.0. The van der Waals surface area contributed by atoms with Gasteiger partial charge in [-0.15, -0.1) is 24.0 Å². The van der Waals surface area contributed by atoms with Crippen LogP contribution in [0.2, 0.25) is 10.0 Å². The predicted octanol–water partition coefficient (Wildman–Crippen LogP) is 3.68. The number of hydrogen-bond acceptors (Lipinski definition) is 3. The van der Waals surface area contributed by atoms with Gasteiger partial charge in [0.05, 0.1) is 16.3 Å². The first kappa shape index (κ1) is 25.7. The van der Waals surface area contributed by atoms with Crippen molar-refractivity contribution in [1.29, 1.82) is 0 Å². The summed E-state index contributed by atoms with van der Waals surface area (Å²) in [4.78, 5) is 6.82. The number of piperidine rings is 1. The molecule has 0 aliphatic carbocycles. The van der Waals surface area contributed by atoms with E-state index >= 15 is 0 Å². The van der Waals surface area contributed by atoms with Crippen molar-refractivity contribution in [3.05, 3.63) is 33.8 Å². The summed E-state index contributed by atoms with van der Waals surface area (Å²) in [5, 5.41) is 4.40. The largest absolute Gasteiger partial charge is 0.357 e. The summed E-state index contributed by atoms with van der Waals surface area (Å²) in [5.41, 5.74) is 1.05. The zero-order chi connectivity index (χ0) is 20.0.